The van der Waals surface area contributed by atoms with Crippen LogP contribution in [-0.4, -0.2) is 60.6 Å². The highest BCUT2D eigenvalue weighted by molar-refractivity contribution is 4.92. The summed E-state index contributed by atoms with van der Waals surface area (Å²) in [5.74, 6) is 0. The summed E-state index contributed by atoms with van der Waals surface area (Å²) < 4.78 is 0. The average Bonchev–Trinajstić information content (AvgIpc) is 2.84. The highest BCUT2D eigenvalue weighted by Crippen LogP contribution is 2.15. The predicted molar refractivity (Wildman–Crippen MR) is 80.1 cm³/mol. The highest BCUT2D eigenvalue weighted by Gasteiger charge is 2.26. The molecule has 19 heavy (non-hydrogen) atoms. The molecule has 0 bridgehead atoms. The van der Waals surface area contributed by atoms with Crippen molar-refractivity contribution in [1.29, 1.82) is 5.26 Å². The third-order valence-corrected chi connectivity index (χ3v) is 4.00. The number of nitrogens with zero attached hydrogens (tertiary/aromatic N) is 3. The Balaban J connectivity index is 2.30. The van der Waals surface area contributed by atoms with Crippen LogP contribution in [0.1, 0.15) is 40.5 Å². The van der Waals surface area contributed by atoms with Crippen molar-refractivity contribution in [2.24, 2.45) is 0 Å². The molecule has 4 heteroatoms. The Hall–Kier alpha value is -0.630. The molecule has 4 nitrogen and oxygen atoms in total. The molecule has 0 radical (unpaired) electrons. The summed E-state index contributed by atoms with van der Waals surface area (Å²) in [5, 5.41) is 12.4. The third kappa shape index (κ3) is 5.48. The topological polar surface area (TPSA) is 42.3 Å². The Kier molecular flexibility index (Phi) is 7.37. The molecule has 0 aromatic heterocycles. The van der Waals surface area contributed by atoms with Crippen LogP contribution < -0.4 is 5.32 Å². The first-order valence-corrected chi connectivity index (χ1v) is 7.72. The smallest absolute Gasteiger partial charge is 0.0967 e. The maximum atomic E-state index is 9.13. The van der Waals surface area contributed by atoms with Gasteiger partial charge in [0.1, 0.15) is 0 Å². The van der Waals surface area contributed by atoms with Crippen molar-refractivity contribution < 1.29 is 0 Å². The van der Waals surface area contributed by atoms with E-state index in [4.69, 9.17) is 5.26 Å². The first kappa shape index (κ1) is 16.4. The van der Waals surface area contributed by atoms with Gasteiger partial charge < -0.3 is 4.90 Å². The molecule has 0 amide bonds. The monoisotopic (exact) mass is 266 g/mol. The second-order valence-corrected chi connectivity index (χ2v) is 5.76. The van der Waals surface area contributed by atoms with Gasteiger partial charge in [-0.15, -0.1) is 0 Å². The Morgan fingerprint density at radius 3 is 2.58 bits per heavy atom. The summed E-state index contributed by atoms with van der Waals surface area (Å²) in [6.45, 7) is 14.3. The fourth-order valence-corrected chi connectivity index (χ4v) is 2.95. The molecule has 0 aromatic rings. The van der Waals surface area contributed by atoms with Crippen molar-refractivity contribution in [3.63, 3.8) is 0 Å². The Morgan fingerprint density at radius 2 is 2.05 bits per heavy atom. The minimum absolute atomic E-state index is 0.00694. The minimum atomic E-state index is -0.00694. The summed E-state index contributed by atoms with van der Waals surface area (Å²) in [7, 11) is 0. The Bertz CT molecular complexity index is 280. The molecule has 0 spiro atoms. The van der Waals surface area contributed by atoms with Gasteiger partial charge in [-0.2, -0.15) is 5.26 Å². The highest BCUT2D eigenvalue weighted by atomic mass is 15.2. The summed E-state index contributed by atoms with van der Waals surface area (Å²) >= 11 is 0. The molecule has 1 heterocycles. The largest absolute Gasteiger partial charge is 0.302 e. The normalized spacial score (nSPS) is 22.1. The number of hydrogen-bond acceptors (Lipinski definition) is 4. The second kappa shape index (κ2) is 8.52. The van der Waals surface area contributed by atoms with Gasteiger partial charge in [-0.25, -0.2) is 0 Å². The van der Waals surface area contributed by atoms with Crippen LogP contribution in [-0.2, 0) is 0 Å². The standard InChI is InChI=1S/C15H30N4/c1-5-19(6-2)15-8-10-18(12-15)9-7-14(11-16)17-13(3)4/h13-15,17H,5-10,12H2,1-4H3. The number of likely N-dealkylation sites (tertiary alicyclic amines) is 1. The van der Waals surface area contributed by atoms with Crippen LogP contribution in [0.15, 0.2) is 0 Å². The molecular formula is C15H30N4. The Morgan fingerprint density at radius 1 is 1.37 bits per heavy atom. The van der Waals surface area contributed by atoms with Crippen LogP contribution in [0.2, 0.25) is 0 Å². The van der Waals surface area contributed by atoms with Gasteiger partial charge in [0, 0.05) is 25.2 Å². The molecule has 0 aliphatic carbocycles. The predicted octanol–water partition coefficient (Wildman–Crippen LogP) is 1.68. The van der Waals surface area contributed by atoms with Gasteiger partial charge in [-0.05, 0) is 46.3 Å². The number of likely N-dealkylation sites (N-methyl/N-ethyl adjacent to an activating group) is 1. The van der Waals surface area contributed by atoms with Crippen molar-refractivity contribution in [3.8, 4) is 6.07 Å². The van der Waals surface area contributed by atoms with Gasteiger partial charge in [0.2, 0.25) is 0 Å². The van der Waals surface area contributed by atoms with E-state index in [1.165, 1.54) is 19.5 Å². The Labute approximate surface area is 118 Å². The van der Waals surface area contributed by atoms with E-state index in [0.717, 1.165) is 26.1 Å². The van der Waals surface area contributed by atoms with Gasteiger partial charge in [0.05, 0.1) is 12.1 Å². The number of hydrogen-bond donors (Lipinski definition) is 1. The zero-order chi connectivity index (χ0) is 14.3. The first-order valence-electron chi connectivity index (χ1n) is 7.72. The minimum Gasteiger partial charge on any atom is -0.302 e. The summed E-state index contributed by atoms with van der Waals surface area (Å²) in [4.78, 5) is 5.06. The molecule has 2 atom stereocenters. The fourth-order valence-electron chi connectivity index (χ4n) is 2.95. The van der Waals surface area contributed by atoms with Crippen LogP contribution in [0.5, 0.6) is 0 Å². The molecule has 0 aromatic carbocycles. The molecule has 1 aliphatic rings. The van der Waals surface area contributed by atoms with E-state index in [0.29, 0.717) is 12.1 Å². The molecule has 110 valence electrons. The van der Waals surface area contributed by atoms with E-state index in [9.17, 15) is 0 Å². The zero-order valence-electron chi connectivity index (χ0n) is 13.0. The van der Waals surface area contributed by atoms with Crippen LogP contribution in [0.25, 0.3) is 0 Å². The molecule has 1 saturated heterocycles. The fraction of sp³-hybridized carbons (Fsp3) is 0.933. The summed E-state index contributed by atoms with van der Waals surface area (Å²) in [6.07, 6.45) is 2.20. The van der Waals surface area contributed by atoms with E-state index in [2.05, 4.69) is 48.9 Å². The van der Waals surface area contributed by atoms with Crippen molar-refractivity contribution in [2.75, 3.05) is 32.7 Å². The number of rotatable bonds is 8. The van der Waals surface area contributed by atoms with Crippen LogP contribution >= 0.6 is 0 Å². The van der Waals surface area contributed by atoms with E-state index in [1.807, 2.05) is 0 Å². The molecule has 0 saturated carbocycles. The molecule has 1 N–H and O–H groups in total. The van der Waals surface area contributed by atoms with E-state index in [1.54, 1.807) is 0 Å². The first-order chi connectivity index (χ1) is 9.10. The second-order valence-electron chi connectivity index (χ2n) is 5.76. The van der Waals surface area contributed by atoms with Crippen LogP contribution in [0.3, 0.4) is 0 Å². The molecule has 1 rings (SSSR count). The lowest BCUT2D eigenvalue weighted by Crippen LogP contribution is -2.39. The zero-order valence-corrected chi connectivity index (χ0v) is 13.0. The maximum Gasteiger partial charge on any atom is 0.0967 e. The lowest BCUT2D eigenvalue weighted by atomic mass is 10.2. The molecule has 2 unspecified atom stereocenters. The van der Waals surface area contributed by atoms with Gasteiger partial charge in [0.15, 0.2) is 0 Å². The molecule has 1 fully saturated rings. The van der Waals surface area contributed by atoms with Crippen molar-refractivity contribution in [2.45, 2.75) is 58.7 Å². The van der Waals surface area contributed by atoms with E-state index in [-0.39, 0.29) is 6.04 Å². The summed E-state index contributed by atoms with van der Waals surface area (Å²) in [5.41, 5.74) is 0. The maximum absolute atomic E-state index is 9.13. The van der Waals surface area contributed by atoms with Gasteiger partial charge in [-0.1, -0.05) is 13.8 Å². The van der Waals surface area contributed by atoms with Crippen LogP contribution in [0, 0.1) is 11.3 Å². The number of nitriles is 1. The third-order valence-electron chi connectivity index (χ3n) is 4.00. The number of nitrogens with one attached hydrogen (secondary N) is 1. The van der Waals surface area contributed by atoms with Crippen molar-refractivity contribution in [3.05, 3.63) is 0 Å². The van der Waals surface area contributed by atoms with Gasteiger partial charge >= 0.3 is 0 Å². The van der Waals surface area contributed by atoms with E-state index >= 15 is 0 Å². The quantitative estimate of drug-likeness (QED) is 0.726. The molecular weight excluding hydrogens is 236 g/mol. The van der Waals surface area contributed by atoms with Crippen molar-refractivity contribution in [1.82, 2.24) is 15.1 Å². The van der Waals surface area contributed by atoms with Crippen LogP contribution in [0.4, 0.5) is 0 Å². The lowest BCUT2D eigenvalue weighted by Gasteiger charge is -2.26. The summed E-state index contributed by atoms with van der Waals surface area (Å²) in [6, 6.07) is 3.46. The van der Waals surface area contributed by atoms with Gasteiger partial charge in [0.25, 0.3) is 0 Å². The van der Waals surface area contributed by atoms with Gasteiger partial charge in [-0.3, -0.25) is 10.2 Å². The lowest BCUT2D eigenvalue weighted by molar-refractivity contribution is 0.209. The van der Waals surface area contributed by atoms with Crippen molar-refractivity contribution >= 4 is 0 Å². The van der Waals surface area contributed by atoms with E-state index < -0.39 is 0 Å². The average molecular weight is 266 g/mol. The SMILES string of the molecule is CCN(CC)C1CCN(CCC(C#N)NC(C)C)C1. The molecule has 1 aliphatic heterocycles.